The first-order chi connectivity index (χ1) is 8.04. The minimum absolute atomic E-state index is 0.228. The Kier molecular flexibility index (Phi) is 5.35. The van der Waals surface area contributed by atoms with Crippen molar-refractivity contribution in [1.29, 1.82) is 0 Å². The third-order valence-electron chi connectivity index (χ3n) is 2.89. The molecular weight excluding hydrogens is 222 g/mol. The molecule has 1 unspecified atom stereocenters. The normalized spacial score (nSPS) is 12.8. The van der Waals surface area contributed by atoms with Crippen molar-refractivity contribution < 1.29 is 8.78 Å². The molecule has 1 aromatic rings. The van der Waals surface area contributed by atoms with Crippen molar-refractivity contribution in [2.75, 3.05) is 25.5 Å². The third kappa shape index (κ3) is 4.30. The monoisotopic (exact) mass is 242 g/mol. The molecule has 4 heteroatoms. The lowest BCUT2D eigenvalue weighted by atomic mass is 9.95. The Balaban J connectivity index is 2.61. The summed E-state index contributed by atoms with van der Waals surface area (Å²) in [5.41, 5.74) is 0.228. The SMILES string of the molecule is CNCC(CNc1cc(F)ccc1F)C(C)C. The maximum Gasteiger partial charge on any atom is 0.146 e. The van der Waals surface area contributed by atoms with E-state index in [4.69, 9.17) is 0 Å². The minimum Gasteiger partial charge on any atom is -0.382 e. The van der Waals surface area contributed by atoms with Gasteiger partial charge in [0, 0.05) is 6.54 Å². The maximum atomic E-state index is 13.4. The lowest BCUT2D eigenvalue weighted by molar-refractivity contribution is 0.390. The highest BCUT2D eigenvalue weighted by atomic mass is 19.1. The lowest BCUT2D eigenvalue weighted by Crippen LogP contribution is -2.29. The highest BCUT2D eigenvalue weighted by Crippen LogP contribution is 2.17. The van der Waals surface area contributed by atoms with Crippen molar-refractivity contribution in [2.24, 2.45) is 11.8 Å². The molecule has 0 aliphatic carbocycles. The first-order valence-corrected chi connectivity index (χ1v) is 5.88. The number of hydrogen-bond donors (Lipinski definition) is 2. The van der Waals surface area contributed by atoms with Crippen LogP contribution in [0.1, 0.15) is 13.8 Å². The molecule has 1 rings (SSSR count). The second-order valence-corrected chi connectivity index (χ2v) is 4.57. The molecule has 0 aliphatic rings. The fourth-order valence-electron chi connectivity index (χ4n) is 1.68. The lowest BCUT2D eigenvalue weighted by Gasteiger charge is -2.21. The Morgan fingerprint density at radius 3 is 2.47 bits per heavy atom. The summed E-state index contributed by atoms with van der Waals surface area (Å²) in [6.07, 6.45) is 0. The zero-order valence-electron chi connectivity index (χ0n) is 10.6. The summed E-state index contributed by atoms with van der Waals surface area (Å²) in [4.78, 5) is 0. The summed E-state index contributed by atoms with van der Waals surface area (Å²) in [5.74, 6) is 0.0104. The maximum absolute atomic E-state index is 13.4. The van der Waals surface area contributed by atoms with E-state index in [0.29, 0.717) is 18.4 Å². The molecule has 0 fully saturated rings. The van der Waals surface area contributed by atoms with Crippen LogP contribution in [-0.2, 0) is 0 Å². The minimum atomic E-state index is -0.427. The summed E-state index contributed by atoms with van der Waals surface area (Å²) in [6.45, 7) is 5.71. The second-order valence-electron chi connectivity index (χ2n) is 4.57. The van der Waals surface area contributed by atoms with Crippen LogP contribution in [0.4, 0.5) is 14.5 Å². The standard InChI is InChI=1S/C13H20F2N2/c1-9(2)10(7-16-3)8-17-13-6-11(14)4-5-12(13)15/h4-6,9-10,16-17H,7-8H2,1-3H3. The van der Waals surface area contributed by atoms with Crippen LogP contribution < -0.4 is 10.6 Å². The largest absolute Gasteiger partial charge is 0.382 e. The van der Waals surface area contributed by atoms with E-state index in [1.165, 1.54) is 6.07 Å². The van der Waals surface area contributed by atoms with Gasteiger partial charge in [-0.15, -0.1) is 0 Å². The van der Waals surface area contributed by atoms with Gasteiger partial charge in [0.05, 0.1) is 5.69 Å². The summed E-state index contributed by atoms with van der Waals surface area (Å²) in [5, 5.41) is 6.07. The molecule has 2 nitrogen and oxygen atoms in total. The molecule has 2 N–H and O–H groups in total. The molecule has 0 amide bonds. The number of benzene rings is 1. The Hall–Kier alpha value is -1.16. The molecule has 0 aliphatic heterocycles. The van der Waals surface area contributed by atoms with E-state index in [2.05, 4.69) is 24.5 Å². The van der Waals surface area contributed by atoms with Gasteiger partial charge in [-0.25, -0.2) is 8.78 Å². The fourth-order valence-corrected chi connectivity index (χ4v) is 1.68. The van der Waals surface area contributed by atoms with E-state index < -0.39 is 11.6 Å². The van der Waals surface area contributed by atoms with Crippen LogP contribution in [0.3, 0.4) is 0 Å². The summed E-state index contributed by atoms with van der Waals surface area (Å²) in [6, 6.07) is 3.44. The quantitative estimate of drug-likeness (QED) is 0.801. The predicted molar refractivity (Wildman–Crippen MR) is 67.1 cm³/mol. The molecule has 0 bridgehead atoms. The molecule has 17 heavy (non-hydrogen) atoms. The van der Waals surface area contributed by atoms with E-state index >= 15 is 0 Å². The molecule has 0 aromatic heterocycles. The average molecular weight is 242 g/mol. The smallest absolute Gasteiger partial charge is 0.146 e. The zero-order chi connectivity index (χ0) is 12.8. The van der Waals surface area contributed by atoms with Crippen molar-refractivity contribution >= 4 is 5.69 Å². The van der Waals surface area contributed by atoms with Crippen LogP contribution in [0.2, 0.25) is 0 Å². The third-order valence-corrected chi connectivity index (χ3v) is 2.89. The molecular formula is C13H20F2N2. The molecule has 1 aromatic carbocycles. The summed E-state index contributed by atoms with van der Waals surface area (Å²) >= 11 is 0. The van der Waals surface area contributed by atoms with E-state index in [-0.39, 0.29) is 5.69 Å². The van der Waals surface area contributed by atoms with Gasteiger partial charge in [0.15, 0.2) is 0 Å². The highest BCUT2D eigenvalue weighted by Gasteiger charge is 2.13. The van der Waals surface area contributed by atoms with Crippen LogP contribution >= 0.6 is 0 Å². The van der Waals surface area contributed by atoms with Crippen LogP contribution in [-0.4, -0.2) is 20.1 Å². The summed E-state index contributed by atoms with van der Waals surface area (Å²) in [7, 11) is 1.89. The van der Waals surface area contributed by atoms with Gasteiger partial charge in [0.25, 0.3) is 0 Å². The van der Waals surface area contributed by atoms with Crippen molar-refractivity contribution in [3.05, 3.63) is 29.8 Å². The molecule has 0 heterocycles. The first kappa shape index (κ1) is 13.9. The van der Waals surface area contributed by atoms with Gasteiger partial charge in [0.2, 0.25) is 0 Å². The van der Waals surface area contributed by atoms with Crippen molar-refractivity contribution in [1.82, 2.24) is 5.32 Å². The second kappa shape index (κ2) is 6.55. The molecule has 0 saturated heterocycles. The number of hydrogen-bond acceptors (Lipinski definition) is 2. The molecule has 0 radical (unpaired) electrons. The van der Waals surface area contributed by atoms with Gasteiger partial charge in [-0.1, -0.05) is 13.8 Å². The van der Waals surface area contributed by atoms with Crippen molar-refractivity contribution in [3.63, 3.8) is 0 Å². The van der Waals surface area contributed by atoms with Gasteiger partial charge in [0.1, 0.15) is 11.6 Å². The predicted octanol–water partition coefficient (Wildman–Crippen LogP) is 2.87. The van der Waals surface area contributed by atoms with Crippen LogP contribution in [0.5, 0.6) is 0 Å². The molecule has 96 valence electrons. The number of halogens is 2. The van der Waals surface area contributed by atoms with Crippen LogP contribution in [0, 0.1) is 23.5 Å². The van der Waals surface area contributed by atoms with E-state index in [1.807, 2.05) is 7.05 Å². The first-order valence-electron chi connectivity index (χ1n) is 5.88. The average Bonchev–Trinajstić information content (AvgIpc) is 2.28. The Morgan fingerprint density at radius 1 is 1.18 bits per heavy atom. The van der Waals surface area contributed by atoms with Crippen LogP contribution in [0.25, 0.3) is 0 Å². The highest BCUT2D eigenvalue weighted by molar-refractivity contribution is 5.44. The van der Waals surface area contributed by atoms with Gasteiger partial charge < -0.3 is 10.6 Å². The number of rotatable bonds is 6. The number of nitrogens with one attached hydrogen (secondary N) is 2. The molecule has 0 spiro atoms. The Morgan fingerprint density at radius 2 is 1.88 bits per heavy atom. The number of anilines is 1. The van der Waals surface area contributed by atoms with E-state index in [1.54, 1.807) is 0 Å². The molecule has 1 atom stereocenters. The van der Waals surface area contributed by atoms with Crippen molar-refractivity contribution in [3.8, 4) is 0 Å². The van der Waals surface area contributed by atoms with E-state index in [0.717, 1.165) is 18.7 Å². The fraction of sp³-hybridized carbons (Fsp3) is 0.538. The summed E-state index contributed by atoms with van der Waals surface area (Å²) < 4.78 is 26.3. The Bertz CT molecular complexity index is 353. The molecule has 0 saturated carbocycles. The van der Waals surface area contributed by atoms with Gasteiger partial charge in [-0.05, 0) is 43.6 Å². The van der Waals surface area contributed by atoms with Crippen LogP contribution in [0.15, 0.2) is 18.2 Å². The van der Waals surface area contributed by atoms with Gasteiger partial charge in [-0.2, -0.15) is 0 Å². The Labute approximate surface area is 101 Å². The van der Waals surface area contributed by atoms with E-state index in [9.17, 15) is 8.78 Å². The van der Waals surface area contributed by atoms with Gasteiger partial charge in [-0.3, -0.25) is 0 Å². The van der Waals surface area contributed by atoms with Gasteiger partial charge >= 0.3 is 0 Å². The topological polar surface area (TPSA) is 24.1 Å². The van der Waals surface area contributed by atoms with Crippen molar-refractivity contribution in [2.45, 2.75) is 13.8 Å². The zero-order valence-corrected chi connectivity index (χ0v) is 10.6.